The van der Waals surface area contributed by atoms with Crippen molar-refractivity contribution in [1.82, 2.24) is 10.3 Å². The van der Waals surface area contributed by atoms with Crippen LogP contribution in [0.5, 0.6) is 0 Å². The van der Waals surface area contributed by atoms with Crippen LogP contribution in [-0.4, -0.2) is 43.6 Å². The molecule has 1 saturated heterocycles. The Bertz CT molecular complexity index is 706. The minimum absolute atomic E-state index is 0.0994. The van der Waals surface area contributed by atoms with Crippen molar-refractivity contribution < 1.29 is 4.79 Å². The summed E-state index contributed by atoms with van der Waals surface area (Å²) >= 11 is 0. The average Bonchev–Trinajstić information content (AvgIpc) is 2.66. The fourth-order valence-corrected chi connectivity index (χ4v) is 3.08. The quantitative estimate of drug-likeness (QED) is 0.911. The Morgan fingerprint density at radius 3 is 2.40 bits per heavy atom. The van der Waals surface area contributed by atoms with Crippen LogP contribution in [0.1, 0.15) is 29.4 Å². The molecule has 1 aromatic heterocycles. The largest absolute Gasteiger partial charge is 0.368 e. The van der Waals surface area contributed by atoms with Crippen LogP contribution >= 0.6 is 0 Å². The number of carbonyl (C=O) groups is 1. The molecule has 25 heavy (non-hydrogen) atoms. The Morgan fingerprint density at radius 2 is 1.80 bits per heavy atom. The van der Waals surface area contributed by atoms with Crippen LogP contribution in [-0.2, 0) is 0 Å². The van der Waals surface area contributed by atoms with E-state index >= 15 is 0 Å². The number of amides is 1. The van der Waals surface area contributed by atoms with Gasteiger partial charge >= 0.3 is 0 Å². The molecule has 1 N–H and O–H groups in total. The van der Waals surface area contributed by atoms with Crippen LogP contribution in [0.4, 0.5) is 11.4 Å². The van der Waals surface area contributed by atoms with E-state index in [-0.39, 0.29) is 5.91 Å². The molecule has 1 aromatic carbocycles. The Labute approximate surface area is 149 Å². The summed E-state index contributed by atoms with van der Waals surface area (Å²) in [6.07, 6.45) is 2.73. The number of anilines is 2. The van der Waals surface area contributed by atoms with Gasteiger partial charge in [-0.2, -0.15) is 0 Å². The molecule has 1 aliphatic heterocycles. The summed E-state index contributed by atoms with van der Waals surface area (Å²) in [6.45, 7) is 8.73. The lowest BCUT2D eigenvalue weighted by molar-refractivity contribution is 0.0948. The minimum atomic E-state index is -0.0994. The molecule has 0 saturated carbocycles. The number of aryl methyl sites for hydroxylation is 1. The number of nitrogens with one attached hydrogen (secondary N) is 1. The van der Waals surface area contributed by atoms with Gasteiger partial charge in [-0.15, -0.1) is 0 Å². The smallest absolute Gasteiger partial charge is 0.269 e. The Kier molecular flexibility index (Phi) is 5.53. The van der Waals surface area contributed by atoms with Crippen LogP contribution in [0, 0.1) is 6.92 Å². The SMILES string of the molecule is CCCNC(=O)c1ccc(N2CCN(c3cccc(C)c3)CC2)cn1. The normalized spacial score (nSPS) is 14.5. The zero-order valence-electron chi connectivity index (χ0n) is 15.0. The second kappa shape index (κ2) is 8.01. The number of piperazine rings is 1. The summed E-state index contributed by atoms with van der Waals surface area (Å²) in [4.78, 5) is 21.0. The molecule has 2 aromatic rings. The predicted octanol–water partition coefficient (Wildman–Crippen LogP) is 2.86. The number of pyridine rings is 1. The van der Waals surface area contributed by atoms with Crippen LogP contribution in [0.15, 0.2) is 42.6 Å². The highest BCUT2D eigenvalue weighted by molar-refractivity contribution is 5.92. The Balaban J connectivity index is 1.58. The maximum atomic E-state index is 11.9. The number of hydrogen-bond donors (Lipinski definition) is 1. The lowest BCUT2D eigenvalue weighted by atomic mass is 10.2. The van der Waals surface area contributed by atoms with Crippen molar-refractivity contribution in [2.75, 3.05) is 42.5 Å². The first kappa shape index (κ1) is 17.3. The van der Waals surface area contributed by atoms with Crippen LogP contribution in [0.2, 0.25) is 0 Å². The molecule has 132 valence electrons. The fourth-order valence-electron chi connectivity index (χ4n) is 3.08. The van der Waals surface area contributed by atoms with Gasteiger partial charge in [0.05, 0.1) is 11.9 Å². The maximum Gasteiger partial charge on any atom is 0.269 e. The van der Waals surface area contributed by atoms with E-state index in [4.69, 9.17) is 0 Å². The lowest BCUT2D eigenvalue weighted by Gasteiger charge is -2.37. The number of hydrogen-bond acceptors (Lipinski definition) is 4. The summed E-state index contributed by atoms with van der Waals surface area (Å²) in [7, 11) is 0. The molecule has 1 aliphatic rings. The second-order valence-electron chi connectivity index (χ2n) is 6.47. The summed E-state index contributed by atoms with van der Waals surface area (Å²) in [6, 6.07) is 12.5. The molecule has 5 nitrogen and oxygen atoms in total. The van der Waals surface area contributed by atoms with E-state index in [9.17, 15) is 4.79 Å². The third-order valence-corrected chi connectivity index (χ3v) is 4.53. The number of benzene rings is 1. The van der Waals surface area contributed by atoms with E-state index in [0.717, 1.165) is 38.3 Å². The molecule has 0 radical (unpaired) electrons. The maximum absolute atomic E-state index is 11.9. The highest BCUT2D eigenvalue weighted by Crippen LogP contribution is 2.21. The molecule has 2 heterocycles. The first-order valence-corrected chi connectivity index (χ1v) is 8.98. The van der Waals surface area contributed by atoms with Crippen LogP contribution < -0.4 is 15.1 Å². The molecule has 1 amide bonds. The molecule has 0 bridgehead atoms. The van der Waals surface area contributed by atoms with Crippen LogP contribution in [0.3, 0.4) is 0 Å². The third-order valence-electron chi connectivity index (χ3n) is 4.53. The van der Waals surface area contributed by atoms with Gasteiger partial charge in [0.25, 0.3) is 5.91 Å². The molecule has 0 aliphatic carbocycles. The molecule has 3 rings (SSSR count). The monoisotopic (exact) mass is 338 g/mol. The predicted molar refractivity (Wildman–Crippen MR) is 102 cm³/mol. The van der Waals surface area contributed by atoms with E-state index < -0.39 is 0 Å². The van der Waals surface area contributed by atoms with Gasteiger partial charge in [0.1, 0.15) is 5.69 Å². The highest BCUT2D eigenvalue weighted by Gasteiger charge is 2.18. The van der Waals surface area contributed by atoms with E-state index in [1.54, 1.807) is 0 Å². The van der Waals surface area contributed by atoms with E-state index in [0.29, 0.717) is 12.2 Å². The first-order valence-electron chi connectivity index (χ1n) is 8.98. The zero-order valence-corrected chi connectivity index (χ0v) is 15.0. The van der Waals surface area contributed by atoms with Gasteiger partial charge in [-0.3, -0.25) is 4.79 Å². The average molecular weight is 338 g/mol. The lowest BCUT2D eigenvalue weighted by Crippen LogP contribution is -2.46. The highest BCUT2D eigenvalue weighted by atomic mass is 16.1. The molecular weight excluding hydrogens is 312 g/mol. The summed E-state index contributed by atoms with van der Waals surface area (Å²) in [5.74, 6) is -0.0994. The first-order chi connectivity index (χ1) is 12.2. The standard InChI is InChI=1S/C20H26N4O/c1-3-9-21-20(25)19-8-7-18(15-22-19)24-12-10-23(11-13-24)17-6-4-5-16(2)14-17/h4-8,14-15H,3,9-13H2,1-2H3,(H,21,25). The number of aromatic nitrogens is 1. The van der Waals surface area contributed by atoms with Gasteiger partial charge in [0.2, 0.25) is 0 Å². The van der Waals surface area contributed by atoms with Crippen molar-refractivity contribution in [1.29, 1.82) is 0 Å². The van der Waals surface area contributed by atoms with Gasteiger partial charge in [-0.05, 0) is 43.2 Å². The van der Waals surface area contributed by atoms with E-state index in [2.05, 4.69) is 51.3 Å². The minimum Gasteiger partial charge on any atom is -0.368 e. The molecular formula is C20H26N4O. The van der Waals surface area contributed by atoms with Gasteiger partial charge in [-0.25, -0.2) is 4.98 Å². The van der Waals surface area contributed by atoms with E-state index in [1.165, 1.54) is 11.3 Å². The summed E-state index contributed by atoms with van der Waals surface area (Å²) < 4.78 is 0. The van der Waals surface area contributed by atoms with Gasteiger partial charge < -0.3 is 15.1 Å². The topological polar surface area (TPSA) is 48.5 Å². The molecule has 5 heteroatoms. The van der Waals surface area contributed by atoms with Crippen molar-refractivity contribution in [2.45, 2.75) is 20.3 Å². The van der Waals surface area contributed by atoms with Gasteiger partial charge in [-0.1, -0.05) is 19.1 Å². The van der Waals surface area contributed by atoms with Crippen molar-refractivity contribution in [3.05, 3.63) is 53.9 Å². The fraction of sp³-hybridized carbons (Fsp3) is 0.400. The number of rotatable bonds is 5. The van der Waals surface area contributed by atoms with Crippen LogP contribution in [0.25, 0.3) is 0 Å². The molecule has 0 unspecified atom stereocenters. The van der Waals surface area contributed by atoms with Crippen molar-refractivity contribution in [3.8, 4) is 0 Å². The second-order valence-corrected chi connectivity index (χ2v) is 6.47. The van der Waals surface area contributed by atoms with E-state index in [1.807, 2.05) is 25.3 Å². The molecule has 0 atom stereocenters. The Morgan fingerprint density at radius 1 is 1.08 bits per heavy atom. The van der Waals surface area contributed by atoms with Crippen molar-refractivity contribution >= 4 is 17.3 Å². The third kappa shape index (κ3) is 4.29. The summed E-state index contributed by atoms with van der Waals surface area (Å²) in [5, 5.41) is 2.85. The number of nitrogens with zero attached hydrogens (tertiary/aromatic N) is 3. The van der Waals surface area contributed by atoms with Crippen molar-refractivity contribution in [3.63, 3.8) is 0 Å². The van der Waals surface area contributed by atoms with Gasteiger partial charge in [0.15, 0.2) is 0 Å². The van der Waals surface area contributed by atoms with Crippen molar-refractivity contribution in [2.24, 2.45) is 0 Å². The molecule has 1 fully saturated rings. The summed E-state index contributed by atoms with van der Waals surface area (Å²) in [5.41, 5.74) is 4.15. The van der Waals surface area contributed by atoms with Gasteiger partial charge in [0, 0.05) is 38.4 Å². The Hall–Kier alpha value is -2.56. The zero-order chi connectivity index (χ0) is 17.6. The molecule has 0 spiro atoms. The number of carbonyl (C=O) groups excluding carboxylic acids is 1.